The molecule has 0 heterocycles. The van der Waals surface area contributed by atoms with Crippen molar-refractivity contribution in [3.8, 4) is 11.5 Å². The monoisotopic (exact) mass is 434 g/mol. The second-order valence-corrected chi connectivity index (χ2v) is 8.59. The summed E-state index contributed by atoms with van der Waals surface area (Å²) in [6, 6.07) is 25.5. The number of rotatable bonds is 11. The van der Waals surface area contributed by atoms with Gasteiger partial charge in [-0.05, 0) is 61.2 Å². The van der Waals surface area contributed by atoms with Crippen LogP contribution in [0.1, 0.15) is 30.5 Å². The summed E-state index contributed by atoms with van der Waals surface area (Å²) in [6.45, 7) is 5.05. The largest absolute Gasteiger partial charge is 0.497 e. The summed E-state index contributed by atoms with van der Waals surface area (Å²) in [5.74, 6) is 1.61. The number of methoxy groups -OCH3 is 1. The van der Waals surface area contributed by atoms with Gasteiger partial charge in [0.1, 0.15) is 18.1 Å². The molecule has 5 heteroatoms. The number of hydrogen-bond acceptors (Lipinski definition) is 5. The summed E-state index contributed by atoms with van der Waals surface area (Å²) in [5.41, 5.74) is 9.23. The molecule has 0 amide bonds. The van der Waals surface area contributed by atoms with Crippen molar-refractivity contribution < 1.29 is 14.6 Å². The Hall–Kier alpha value is -2.86. The van der Waals surface area contributed by atoms with Gasteiger partial charge in [0, 0.05) is 18.1 Å². The van der Waals surface area contributed by atoms with E-state index in [1.54, 1.807) is 7.11 Å². The van der Waals surface area contributed by atoms with E-state index in [1.165, 1.54) is 0 Å². The second-order valence-electron chi connectivity index (χ2n) is 8.59. The Bertz CT molecular complexity index is 975. The van der Waals surface area contributed by atoms with Crippen LogP contribution in [0.15, 0.2) is 78.9 Å². The zero-order valence-electron chi connectivity index (χ0n) is 19.1. The summed E-state index contributed by atoms with van der Waals surface area (Å²) in [4.78, 5) is 0. The third kappa shape index (κ3) is 6.82. The first-order valence-electron chi connectivity index (χ1n) is 11.0. The quantitative estimate of drug-likeness (QED) is 0.425. The molecule has 5 nitrogen and oxygen atoms in total. The van der Waals surface area contributed by atoms with Crippen LogP contribution in [0.3, 0.4) is 0 Å². The van der Waals surface area contributed by atoms with Gasteiger partial charge >= 0.3 is 0 Å². The lowest BCUT2D eigenvalue weighted by molar-refractivity contribution is 0.131. The number of aliphatic hydroxyl groups is 1. The summed E-state index contributed by atoms with van der Waals surface area (Å²) in [6.07, 6.45) is -0.126. The maximum atomic E-state index is 10.7. The van der Waals surface area contributed by atoms with Crippen LogP contribution in [0.25, 0.3) is 0 Å². The van der Waals surface area contributed by atoms with Gasteiger partial charge in [0.05, 0.1) is 13.2 Å². The highest BCUT2D eigenvalue weighted by Gasteiger charge is 2.23. The van der Waals surface area contributed by atoms with Crippen molar-refractivity contribution in [2.75, 3.05) is 13.7 Å². The number of ether oxygens (including phenoxy) is 2. The van der Waals surface area contributed by atoms with E-state index in [-0.39, 0.29) is 5.54 Å². The van der Waals surface area contributed by atoms with Crippen LogP contribution in [0, 0.1) is 0 Å². The number of aliphatic hydroxyl groups excluding tert-OH is 1. The standard InChI is InChI=1S/C27H34N2O3/c1-27(2,22-12-8-13-23(17-22)31-3)29-18-26(30)25(28)16-21-11-7-14-24(15-21)32-19-20-9-5-4-6-10-20/h4-15,17,25-26,29-30H,16,18-19,28H2,1-3H3. The molecule has 0 aliphatic carbocycles. The van der Waals surface area contributed by atoms with E-state index in [9.17, 15) is 5.11 Å². The molecule has 0 radical (unpaired) electrons. The fraction of sp³-hybridized carbons (Fsp3) is 0.333. The van der Waals surface area contributed by atoms with E-state index in [0.29, 0.717) is 19.6 Å². The third-order valence-corrected chi connectivity index (χ3v) is 5.66. The lowest BCUT2D eigenvalue weighted by Crippen LogP contribution is -2.48. The molecular weight excluding hydrogens is 400 g/mol. The summed E-state index contributed by atoms with van der Waals surface area (Å²) < 4.78 is 11.2. The van der Waals surface area contributed by atoms with Crippen LogP contribution in [-0.4, -0.2) is 30.9 Å². The fourth-order valence-corrected chi connectivity index (χ4v) is 3.54. The molecule has 0 spiro atoms. The molecule has 3 aromatic rings. The average molecular weight is 435 g/mol. The maximum absolute atomic E-state index is 10.7. The highest BCUT2D eigenvalue weighted by Crippen LogP contribution is 2.24. The molecule has 3 aromatic carbocycles. The Labute approximate surface area is 191 Å². The van der Waals surface area contributed by atoms with Crippen molar-refractivity contribution in [2.24, 2.45) is 5.73 Å². The molecule has 0 aliphatic heterocycles. The highest BCUT2D eigenvalue weighted by molar-refractivity contribution is 5.33. The first-order chi connectivity index (χ1) is 15.4. The molecule has 2 atom stereocenters. The molecular formula is C27H34N2O3. The van der Waals surface area contributed by atoms with Gasteiger partial charge in [0.25, 0.3) is 0 Å². The van der Waals surface area contributed by atoms with Crippen molar-refractivity contribution in [2.45, 2.75) is 44.6 Å². The zero-order chi connectivity index (χ0) is 23.0. The molecule has 2 unspecified atom stereocenters. The van der Waals surface area contributed by atoms with Gasteiger partial charge in [-0.1, -0.05) is 54.6 Å². The molecule has 0 fully saturated rings. The van der Waals surface area contributed by atoms with Crippen molar-refractivity contribution in [3.05, 3.63) is 95.6 Å². The van der Waals surface area contributed by atoms with Crippen LogP contribution in [0.4, 0.5) is 0 Å². The second kappa shape index (κ2) is 11.1. The van der Waals surface area contributed by atoms with Crippen LogP contribution in [0.5, 0.6) is 11.5 Å². The lowest BCUT2D eigenvalue weighted by Gasteiger charge is -2.30. The molecule has 32 heavy (non-hydrogen) atoms. The predicted molar refractivity (Wildman–Crippen MR) is 129 cm³/mol. The molecule has 170 valence electrons. The summed E-state index contributed by atoms with van der Waals surface area (Å²) in [7, 11) is 1.66. The van der Waals surface area contributed by atoms with Gasteiger partial charge in [-0.2, -0.15) is 0 Å². The Morgan fingerprint density at radius 1 is 0.906 bits per heavy atom. The molecule has 3 rings (SSSR count). The van der Waals surface area contributed by atoms with E-state index in [4.69, 9.17) is 15.2 Å². The predicted octanol–water partition coefficient (Wildman–Crippen LogP) is 4.03. The van der Waals surface area contributed by atoms with Gasteiger partial charge < -0.3 is 25.6 Å². The normalized spacial score (nSPS) is 13.4. The van der Waals surface area contributed by atoms with Gasteiger partial charge in [-0.15, -0.1) is 0 Å². The van der Waals surface area contributed by atoms with Crippen molar-refractivity contribution in [3.63, 3.8) is 0 Å². The van der Waals surface area contributed by atoms with E-state index in [0.717, 1.165) is 28.2 Å². The molecule has 4 N–H and O–H groups in total. The van der Waals surface area contributed by atoms with Crippen LogP contribution < -0.4 is 20.5 Å². The maximum Gasteiger partial charge on any atom is 0.120 e. The Kier molecular flexibility index (Phi) is 8.28. The van der Waals surface area contributed by atoms with Crippen molar-refractivity contribution in [1.29, 1.82) is 0 Å². The minimum Gasteiger partial charge on any atom is -0.497 e. The third-order valence-electron chi connectivity index (χ3n) is 5.66. The molecule has 0 saturated carbocycles. The Balaban J connectivity index is 1.53. The van der Waals surface area contributed by atoms with E-state index in [2.05, 4.69) is 19.2 Å². The topological polar surface area (TPSA) is 76.7 Å². The first-order valence-corrected chi connectivity index (χ1v) is 11.0. The van der Waals surface area contributed by atoms with E-state index in [1.807, 2.05) is 78.9 Å². The smallest absolute Gasteiger partial charge is 0.120 e. The SMILES string of the molecule is COc1cccc(C(C)(C)NCC(O)C(N)Cc2cccc(OCc3ccccc3)c2)c1. The molecule has 0 bridgehead atoms. The average Bonchev–Trinajstić information content (AvgIpc) is 2.82. The fourth-order valence-electron chi connectivity index (χ4n) is 3.54. The number of benzene rings is 3. The zero-order valence-corrected chi connectivity index (χ0v) is 19.1. The summed E-state index contributed by atoms with van der Waals surface area (Å²) in [5, 5.41) is 14.1. The van der Waals surface area contributed by atoms with E-state index < -0.39 is 12.1 Å². The van der Waals surface area contributed by atoms with Gasteiger partial charge in [-0.25, -0.2) is 0 Å². The van der Waals surface area contributed by atoms with Crippen LogP contribution >= 0.6 is 0 Å². The van der Waals surface area contributed by atoms with Gasteiger partial charge in [0.15, 0.2) is 0 Å². The highest BCUT2D eigenvalue weighted by atomic mass is 16.5. The Morgan fingerprint density at radius 3 is 2.34 bits per heavy atom. The van der Waals surface area contributed by atoms with Crippen molar-refractivity contribution >= 4 is 0 Å². The Morgan fingerprint density at radius 2 is 1.59 bits per heavy atom. The number of nitrogens with one attached hydrogen (secondary N) is 1. The van der Waals surface area contributed by atoms with Crippen LogP contribution in [0.2, 0.25) is 0 Å². The van der Waals surface area contributed by atoms with Gasteiger partial charge in [0.2, 0.25) is 0 Å². The molecule has 0 saturated heterocycles. The minimum atomic E-state index is -0.686. The van der Waals surface area contributed by atoms with E-state index >= 15 is 0 Å². The minimum absolute atomic E-state index is 0.333. The van der Waals surface area contributed by atoms with Gasteiger partial charge in [-0.3, -0.25) is 0 Å². The molecule has 0 aromatic heterocycles. The lowest BCUT2D eigenvalue weighted by atomic mass is 9.93. The summed E-state index contributed by atoms with van der Waals surface area (Å²) >= 11 is 0. The first kappa shape index (κ1) is 23.8. The number of nitrogens with two attached hydrogens (primary N) is 1. The van der Waals surface area contributed by atoms with Crippen molar-refractivity contribution in [1.82, 2.24) is 5.32 Å². The van der Waals surface area contributed by atoms with Crippen LogP contribution in [-0.2, 0) is 18.6 Å². The molecule has 0 aliphatic rings. The number of hydrogen-bond donors (Lipinski definition) is 3.